The summed E-state index contributed by atoms with van der Waals surface area (Å²) >= 11 is 0. The van der Waals surface area contributed by atoms with Gasteiger partial charge in [0, 0.05) is 25.3 Å². The lowest BCUT2D eigenvalue weighted by Gasteiger charge is -2.33. The van der Waals surface area contributed by atoms with Gasteiger partial charge in [0.1, 0.15) is 6.33 Å². The molecule has 0 spiro atoms. The third kappa shape index (κ3) is 3.54. The second kappa shape index (κ2) is 7.15. The Morgan fingerprint density at radius 2 is 2.08 bits per heavy atom. The van der Waals surface area contributed by atoms with E-state index in [-0.39, 0.29) is 5.91 Å². The van der Waals surface area contributed by atoms with Gasteiger partial charge in [-0.1, -0.05) is 29.8 Å². The lowest BCUT2D eigenvalue weighted by atomic mass is 10.0. The number of nitrogens with one attached hydrogen (secondary N) is 1. The molecule has 0 saturated carbocycles. The minimum atomic E-state index is 0.216. The molecule has 6 heteroatoms. The van der Waals surface area contributed by atoms with E-state index in [1.807, 2.05) is 35.4 Å². The molecule has 3 heterocycles. The molecule has 134 valence electrons. The number of likely N-dealkylation sites (tertiary alicyclic amines) is 1. The standard InChI is InChI=1S/C20H23N5O/c1-15-4-2-5-16(12-15)13-19(26)24-10-7-17(8-11-24)23-18-6-3-9-25-20(18)21-14-22-25/h2-6,9,12,14,17,23H,7-8,10-11,13H2,1H3. The molecule has 1 aliphatic heterocycles. The van der Waals surface area contributed by atoms with Crippen molar-refractivity contribution in [3.63, 3.8) is 0 Å². The summed E-state index contributed by atoms with van der Waals surface area (Å²) in [5, 5.41) is 7.73. The molecule has 1 aliphatic rings. The van der Waals surface area contributed by atoms with Crippen LogP contribution < -0.4 is 5.32 Å². The van der Waals surface area contributed by atoms with Crippen molar-refractivity contribution < 1.29 is 4.79 Å². The maximum Gasteiger partial charge on any atom is 0.226 e. The Morgan fingerprint density at radius 1 is 1.23 bits per heavy atom. The molecule has 4 rings (SSSR count). The Labute approximate surface area is 152 Å². The average Bonchev–Trinajstić information content (AvgIpc) is 3.12. The predicted octanol–water partition coefficient (Wildman–Crippen LogP) is 2.68. The number of hydrogen-bond acceptors (Lipinski definition) is 4. The first-order chi connectivity index (χ1) is 12.7. The van der Waals surface area contributed by atoms with E-state index in [9.17, 15) is 4.79 Å². The quantitative estimate of drug-likeness (QED) is 0.787. The number of rotatable bonds is 4. The Kier molecular flexibility index (Phi) is 4.56. The molecule has 0 radical (unpaired) electrons. The second-order valence-electron chi connectivity index (χ2n) is 6.92. The van der Waals surface area contributed by atoms with E-state index in [2.05, 4.69) is 34.5 Å². The zero-order valence-corrected chi connectivity index (χ0v) is 14.9. The van der Waals surface area contributed by atoms with Crippen molar-refractivity contribution in [2.45, 2.75) is 32.2 Å². The molecular weight excluding hydrogens is 326 g/mol. The smallest absolute Gasteiger partial charge is 0.226 e. The number of carbonyl (C=O) groups is 1. The van der Waals surface area contributed by atoms with Gasteiger partial charge in [0.2, 0.25) is 5.91 Å². The van der Waals surface area contributed by atoms with E-state index in [0.717, 1.165) is 42.8 Å². The molecule has 1 N–H and O–H groups in total. The molecule has 1 saturated heterocycles. The molecule has 0 atom stereocenters. The van der Waals surface area contributed by atoms with Crippen LogP contribution in [0.4, 0.5) is 5.69 Å². The number of piperidine rings is 1. The largest absolute Gasteiger partial charge is 0.379 e. The minimum absolute atomic E-state index is 0.216. The number of amides is 1. The van der Waals surface area contributed by atoms with Gasteiger partial charge in [0.05, 0.1) is 12.1 Å². The van der Waals surface area contributed by atoms with E-state index in [4.69, 9.17) is 0 Å². The van der Waals surface area contributed by atoms with Crippen LogP contribution in [0.3, 0.4) is 0 Å². The van der Waals surface area contributed by atoms with Gasteiger partial charge in [-0.3, -0.25) is 4.79 Å². The summed E-state index contributed by atoms with van der Waals surface area (Å²) in [6, 6.07) is 12.5. The molecule has 0 bridgehead atoms. The lowest BCUT2D eigenvalue weighted by molar-refractivity contribution is -0.131. The topological polar surface area (TPSA) is 62.5 Å². The van der Waals surface area contributed by atoms with Crippen LogP contribution in [0.2, 0.25) is 0 Å². The summed E-state index contributed by atoms with van der Waals surface area (Å²) in [5.41, 5.74) is 4.12. The summed E-state index contributed by atoms with van der Waals surface area (Å²) in [7, 11) is 0. The van der Waals surface area contributed by atoms with Gasteiger partial charge in [-0.05, 0) is 37.5 Å². The molecule has 1 fully saturated rings. The number of benzene rings is 1. The zero-order valence-electron chi connectivity index (χ0n) is 14.9. The van der Waals surface area contributed by atoms with Crippen molar-refractivity contribution >= 4 is 17.2 Å². The zero-order chi connectivity index (χ0) is 17.9. The van der Waals surface area contributed by atoms with Crippen LogP contribution in [0.1, 0.15) is 24.0 Å². The van der Waals surface area contributed by atoms with Crippen molar-refractivity contribution in [1.82, 2.24) is 19.5 Å². The first-order valence-corrected chi connectivity index (χ1v) is 9.07. The maximum atomic E-state index is 12.6. The number of pyridine rings is 1. The van der Waals surface area contributed by atoms with Gasteiger partial charge in [-0.2, -0.15) is 5.10 Å². The molecule has 3 aromatic rings. The summed E-state index contributed by atoms with van der Waals surface area (Å²) in [6.07, 6.45) is 5.81. The van der Waals surface area contributed by atoms with Crippen LogP contribution in [0.5, 0.6) is 0 Å². The third-order valence-corrected chi connectivity index (χ3v) is 4.95. The van der Waals surface area contributed by atoms with Crippen LogP contribution in [0.25, 0.3) is 5.65 Å². The highest BCUT2D eigenvalue weighted by molar-refractivity contribution is 5.79. The SMILES string of the molecule is Cc1cccc(CC(=O)N2CCC(Nc3cccn4ncnc34)CC2)c1. The van der Waals surface area contributed by atoms with Crippen LogP contribution in [-0.2, 0) is 11.2 Å². The van der Waals surface area contributed by atoms with Gasteiger partial charge in [-0.15, -0.1) is 0 Å². The second-order valence-corrected chi connectivity index (χ2v) is 6.92. The summed E-state index contributed by atoms with van der Waals surface area (Å²) in [5.74, 6) is 0.216. The molecule has 1 amide bonds. The van der Waals surface area contributed by atoms with Crippen LogP contribution in [0, 0.1) is 6.92 Å². The number of aryl methyl sites for hydroxylation is 1. The average molecular weight is 349 g/mol. The first kappa shape index (κ1) is 16.6. The molecule has 6 nitrogen and oxygen atoms in total. The highest BCUT2D eigenvalue weighted by Crippen LogP contribution is 2.20. The van der Waals surface area contributed by atoms with Crippen molar-refractivity contribution in [3.05, 3.63) is 60.0 Å². The monoisotopic (exact) mass is 349 g/mol. The number of fused-ring (bicyclic) bond motifs is 1. The number of anilines is 1. The van der Waals surface area contributed by atoms with Crippen LogP contribution >= 0.6 is 0 Å². The predicted molar refractivity (Wildman–Crippen MR) is 101 cm³/mol. The third-order valence-electron chi connectivity index (χ3n) is 4.95. The molecule has 2 aromatic heterocycles. The molecule has 26 heavy (non-hydrogen) atoms. The van der Waals surface area contributed by atoms with Gasteiger partial charge in [0.15, 0.2) is 5.65 Å². The van der Waals surface area contributed by atoms with Crippen molar-refractivity contribution in [1.29, 1.82) is 0 Å². The van der Waals surface area contributed by atoms with Gasteiger partial charge in [-0.25, -0.2) is 9.50 Å². The fourth-order valence-corrected chi connectivity index (χ4v) is 3.56. The number of aromatic nitrogens is 3. The minimum Gasteiger partial charge on any atom is -0.379 e. The van der Waals surface area contributed by atoms with Gasteiger partial charge >= 0.3 is 0 Å². The number of carbonyl (C=O) groups excluding carboxylic acids is 1. The summed E-state index contributed by atoms with van der Waals surface area (Å²) in [6.45, 7) is 3.64. The van der Waals surface area contributed by atoms with E-state index < -0.39 is 0 Å². The highest BCUT2D eigenvalue weighted by atomic mass is 16.2. The Bertz CT molecular complexity index is 911. The van der Waals surface area contributed by atoms with Gasteiger partial charge in [0.25, 0.3) is 0 Å². The van der Waals surface area contributed by atoms with Crippen molar-refractivity contribution in [2.24, 2.45) is 0 Å². The van der Waals surface area contributed by atoms with Crippen LogP contribution in [-0.4, -0.2) is 44.5 Å². The highest BCUT2D eigenvalue weighted by Gasteiger charge is 2.23. The fourth-order valence-electron chi connectivity index (χ4n) is 3.56. The molecule has 0 unspecified atom stereocenters. The Balaban J connectivity index is 1.34. The van der Waals surface area contributed by atoms with E-state index in [1.54, 1.807) is 10.8 Å². The first-order valence-electron chi connectivity index (χ1n) is 9.07. The fraction of sp³-hybridized carbons (Fsp3) is 0.350. The summed E-state index contributed by atoms with van der Waals surface area (Å²) in [4.78, 5) is 18.9. The van der Waals surface area contributed by atoms with Crippen LogP contribution in [0.15, 0.2) is 48.9 Å². The molecular formula is C20H23N5O. The Hall–Kier alpha value is -2.89. The van der Waals surface area contributed by atoms with Gasteiger partial charge < -0.3 is 10.2 Å². The van der Waals surface area contributed by atoms with Crippen molar-refractivity contribution in [2.75, 3.05) is 18.4 Å². The van der Waals surface area contributed by atoms with Crippen molar-refractivity contribution in [3.8, 4) is 0 Å². The molecule has 1 aromatic carbocycles. The normalized spacial score (nSPS) is 15.3. The van der Waals surface area contributed by atoms with E-state index >= 15 is 0 Å². The Morgan fingerprint density at radius 3 is 2.88 bits per heavy atom. The van der Waals surface area contributed by atoms with E-state index in [0.29, 0.717) is 12.5 Å². The number of nitrogens with zero attached hydrogens (tertiary/aromatic N) is 4. The number of hydrogen-bond donors (Lipinski definition) is 1. The van der Waals surface area contributed by atoms with E-state index in [1.165, 1.54) is 5.56 Å². The molecule has 0 aliphatic carbocycles. The lowest BCUT2D eigenvalue weighted by Crippen LogP contribution is -2.43. The summed E-state index contributed by atoms with van der Waals surface area (Å²) < 4.78 is 1.77. The maximum absolute atomic E-state index is 12.6.